The number of nitrogens with zero attached hydrogens (tertiary/aromatic N) is 1. The van der Waals surface area contributed by atoms with Gasteiger partial charge in [0.2, 0.25) is 5.88 Å². The van der Waals surface area contributed by atoms with Crippen molar-refractivity contribution in [1.82, 2.24) is 10.3 Å². The number of aromatic nitrogens is 1. The predicted octanol–water partition coefficient (Wildman–Crippen LogP) is 0.360. The Bertz CT molecular complexity index is 290. The van der Waals surface area contributed by atoms with Crippen LogP contribution in [0.4, 0.5) is 0 Å². The van der Waals surface area contributed by atoms with Crippen LogP contribution >= 0.6 is 0 Å². The monoisotopic (exact) mass is 226 g/mol. The number of hydrogen-bond acceptors (Lipinski definition) is 5. The summed E-state index contributed by atoms with van der Waals surface area (Å²) in [5, 5.41) is 12.4. The normalized spacial score (nSPS) is 12.4. The molecular formula is C11H18N2O3. The van der Waals surface area contributed by atoms with Gasteiger partial charge in [-0.05, 0) is 5.56 Å². The molecule has 0 aliphatic heterocycles. The zero-order valence-corrected chi connectivity index (χ0v) is 9.64. The smallest absolute Gasteiger partial charge is 0.212 e. The highest BCUT2D eigenvalue weighted by Gasteiger charge is 2.09. The Balaban J connectivity index is 2.56. The minimum absolute atomic E-state index is 0.0255. The molecule has 0 spiro atoms. The van der Waals surface area contributed by atoms with Gasteiger partial charge in [-0.2, -0.15) is 0 Å². The van der Waals surface area contributed by atoms with E-state index in [2.05, 4.69) is 10.3 Å². The first-order chi connectivity index (χ1) is 7.81. The molecular weight excluding hydrogens is 208 g/mol. The lowest BCUT2D eigenvalue weighted by atomic mass is 10.1. The van der Waals surface area contributed by atoms with Crippen molar-refractivity contribution in [3.05, 3.63) is 23.9 Å². The number of aliphatic hydroxyl groups is 1. The second kappa shape index (κ2) is 7.16. The lowest BCUT2D eigenvalue weighted by Crippen LogP contribution is -2.27. The quantitative estimate of drug-likeness (QED) is 0.657. The van der Waals surface area contributed by atoms with Crippen LogP contribution in [0.1, 0.15) is 11.6 Å². The second-order valence-corrected chi connectivity index (χ2v) is 3.32. The average Bonchev–Trinajstić information content (AvgIpc) is 2.35. The number of aliphatic hydroxyl groups excluding tert-OH is 1. The summed E-state index contributed by atoms with van der Waals surface area (Å²) in [6.45, 7) is 1.32. The van der Waals surface area contributed by atoms with Crippen LogP contribution in [0.3, 0.4) is 0 Å². The maximum atomic E-state index is 9.24. The summed E-state index contributed by atoms with van der Waals surface area (Å²) in [4.78, 5) is 4.09. The van der Waals surface area contributed by atoms with E-state index in [1.165, 1.54) is 0 Å². The van der Waals surface area contributed by atoms with Crippen molar-refractivity contribution in [2.45, 2.75) is 6.04 Å². The van der Waals surface area contributed by atoms with E-state index in [0.29, 0.717) is 19.0 Å². The third kappa shape index (κ3) is 3.77. The fourth-order valence-electron chi connectivity index (χ4n) is 1.34. The van der Waals surface area contributed by atoms with E-state index in [4.69, 9.17) is 9.47 Å². The number of hydrogen-bond donors (Lipinski definition) is 2. The summed E-state index contributed by atoms with van der Waals surface area (Å²) in [7, 11) is 3.22. The van der Waals surface area contributed by atoms with Gasteiger partial charge in [0.25, 0.3) is 0 Å². The molecule has 16 heavy (non-hydrogen) atoms. The van der Waals surface area contributed by atoms with Crippen LogP contribution in [-0.4, -0.2) is 44.1 Å². The molecule has 90 valence electrons. The van der Waals surface area contributed by atoms with Gasteiger partial charge < -0.3 is 19.9 Å². The van der Waals surface area contributed by atoms with E-state index in [9.17, 15) is 5.11 Å². The van der Waals surface area contributed by atoms with E-state index >= 15 is 0 Å². The average molecular weight is 226 g/mol. The Kier molecular flexibility index (Phi) is 5.77. The van der Waals surface area contributed by atoms with Gasteiger partial charge in [0.15, 0.2) is 0 Å². The topological polar surface area (TPSA) is 63.6 Å². The van der Waals surface area contributed by atoms with Crippen LogP contribution < -0.4 is 10.1 Å². The van der Waals surface area contributed by atoms with E-state index in [1.807, 2.05) is 6.07 Å². The molecule has 0 saturated carbocycles. The molecule has 0 aromatic carbocycles. The summed E-state index contributed by atoms with van der Waals surface area (Å²) < 4.78 is 9.90. The van der Waals surface area contributed by atoms with E-state index < -0.39 is 0 Å². The van der Waals surface area contributed by atoms with Gasteiger partial charge in [-0.15, -0.1) is 0 Å². The van der Waals surface area contributed by atoms with Gasteiger partial charge in [-0.1, -0.05) is 6.07 Å². The zero-order valence-electron chi connectivity index (χ0n) is 9.64. The Labute approximate surface area is 95.4 Å². The Morgan fingerprint density at radius 3 is 2.75 bits per heavy atom. The molecule has 1 unspecified atom stereocenters. The first-order valence-electron chi connectivity index (χ1n) is 5.15. The fraction of sp³-hybridized carbons (Fsp3) is 0.545. The van der Waals surface area contributed by atoms with Gasteiger partial charge in [-0.3, -0.25) is 0 Å². The molecule has 0 aliphatic rings. The molecule has 1 atom stereocenters. The fourth-order valence-corrected chi connectivity index (χ4v) is 1.34. The number of pyridine rings is 1. The maximum absolute atomic E-state index is 9.24. The first kappa shape index (κ1) is 12.9. The molecule has 5 nitrogen and oxygen atoms in total. The number of methoxy groups -OCH3 is 2. The van der Waals surface area contributed by atoms with Gasteiger partial charge in [-0.25, -0.2) is 4.98 Å². The summed E-state index contributed by atoms with van der Waals surface area (Å²) in [6.07, 6.45) is 1.69. The van der Waals surface area contributed by atoms with Gasteiger partial charge in [0.1, 0.15) is 0 Å². The van der Waals surface area contributed by atoms with Crippen molar-refractivity contribution >= 4 is 0 Å². The largest absolute Gasteiger partial charge is 0.481 e. The molecule has 0 fully saturated rings. The standard InChI is InChI=1S/C11H18N2O3/c1-15-6-5-12-10(8-14)9-3-4-11(16-2)13-7-9/h3-4,7,10,12,14H,5-6,8H2,1-2H3. The van der Waals surface area contributed by atoms with Crippen molar-refractivity contribution in [3.63, 3.8) is 0 Å². The van der Waals surface area contributed by atoms with Crippen molar-refractivity contribution < 1.29 is 14.6 Å². The molecule has 1 aromatic rings. The molecule has 0 amide bonds. The minimum atomic E-state index is -0.117. The van der Waals surface area contributed by atoms with Crippen LogP contribution in [0.5, 0.6) is 5.88 Å². The highest BCUT2D eigenvalue weighted by molar-refractivity contribution is 5.20. The molecule has 0 bridgehead atoms. The third-order valence-electron chi connectivity index (χ3n) is 2.25. The van der Waals surface area contributed by atoms with E-state index in [1.54, 1.807) is 26.5 Å². The second-order valence-electron chi connectivity index (χ2n) is 3.32. The zero-order chi connectivity index (χ0) is 11.8. The number of ether oxygens (including phenoxy) is 2. The lowest BCUT2D eigenvalue weighted by molar-refractivity contribution is 0.184. The summed E-state index contributed by atoms with van der Waals surface area (Å²) in [5.41, 5.74) is 0.930. The SMILES string of the molecule is COCCNC(CO)c1ccc(OC)nc1. The Morgan fingerprint density at radius 2 is 2.25 bits per heavy atom. The summed E-state index contributed by atoms with van der Waals surface area (Å²) in [6, 6.07) is 3.54. The lowest BCUT2D eigenvalue weighted by Gasteiger charge is -2.16. The van der Waals surface area contributed by atoms with Crippen LogP contribution in [0.15, 0.2) is 18.3 Å². The number of rotatable bonds is 7. The van der Waals surface area contributed by atoms with E-state index in [-0.39, 0.29) is 12.6 Å². The Hall–Kier alpha value is -1.17. The van der Waals surface area contributed by atoms with Crippen molar-refractivity contribution in [3.8, 4) is 5.88 Å². The molecule has 1 aromatic heterocycles. The van der Waals surface area contributed by atoms with Crippen molar-refractivity contribution in [2.75, 3.05) is 34.0 Å². The van der Waals surface area contributed by atoms with Gasteiger partial charge >= 0.3 is 0 Å². The van der Waals surface area contributed by atoms with Crippen molar-refractivity contribution in [2.24, 2.45) is 0 Å². The first-order valence-corrected chi connectivity index (χ1v) is 5.15. The maximum Gasteiger partial charge on any atom is 0.212 e. The van der Waals surface area contributed by atoms with Crippen LogP contribution in [0, 0.1) is 0 Å². The number of nitrogens with one attached hydrogen (secondary N) is 1. The predicted molar refractivity (Wildman–Crippen MR) is 60.5 cm³/mol. The van der Waals surface area contributed by atoms with Crippen LogP contribution in [0.25, 0.3) is 0 Å². The highest BCUT2D eigenvalue weighted by atomic mass is 16.5. The van der Waals surface area contributed by atoms with Gasteiger partial charge in [0.05, 0.1) is 26.4 Å². The van der Waals surface area contributed by atoms with Crippen LogP contribution in [-0.2, 0) is 4.74 Å². The molecule has 0 saturated heterocycles. The van der Waals surface area contributed by atoms with Crippen molar-refractivity contribution in [1.29, 1.82) is 0 Å². The Morgan fingerprint density at radius 1 is 1.44 bits per heavy atom. The molecule has 5 heteroatoms. The third-order valence-corrected chi connectivity index (χ3v) is 2.25. The van der Waals surface area contributed by atoms with Crippen LogP contribution in [0.2, 0.25) is 0 Å². The summed E-state index contributed by atoms with van der Waals surface area (Å²) >= 11 is 0. The van der Waals surface area contributed by atoms with E-state index in [0.717, 1.165) is 5.56 Å². The molecule has 1 heterocycles. The van der Waals surface area contributed by atoms with Gasteiger partial charge in [0, 0.05) is 25.9 Å². The molecule has 1 rings (SSSR count). The molecule has 2 N–H and O–H groups in total. The highest BCUT2D eigenvalue weighted by Crippen LogP contribution is 2.14. The minimum Gasteiger partial charge on any atom is -0.481 e. The molecule has 0 aliphatic carbocycles. The molecule has 0 radical (unpaired) electrons. The summed E-state index contributed by atoms with van der Waals surface area (Å²) in [5.74, 6) is 0.567.